The predicted molar refractivity (Wildman–Crippen MR) is 101 cm³/mol. The summed E-state index contributed by atoms with van der Waals surface area (Å²) in [4.78, 5) is 17.1. The van der Waals surface area contributed by atoms with Crippen molar-refractivity contribution in [1.82, 2.24) is 25.4 Å². The Morgan fingerprint density at radius 2 is 2.16 bits per heavy atom. The number of carbonyl (C=O) groups is 1. The van der Waals surface area contributed by atoms with Crippen molar-refractivity contribution in [3.05, 3.63) is 40.3 Å². The van der Waals surface area contributed by atoms with Crippen LogP contribution in [0.25, 0.3) is 5.82 Å². The minimum Gasteiger partial charge on any atom is -0.346 e. The summed E-state index contributed by atoms with van der Waals surface area (Å²) in [7, 11) is 0. The maximum absolute atomic E-state index is 12.6. The highest BCUT2D eigenvalue weighted by atomic mass is 35.5. The summed E-state index contributed by atoms with van der Waals surface area (Å²) in [6, 6.07) is 5.74. The fourth-order valence-electron chi connectivity index (χ4n) is 3.05. The van der Waals surface area contributed by atoms with Crippen molar-refractivity contribution in [2.75, 3.05) is 6.54 Å². The first-order valence-corrected chi connectivity index (χ1v) is 8.58. The number of pyridine rings is 1. The van der Waals surface area contributed by atoms with Gasteiger partial charge in [-0.3, -0.25) is 4.79 Å². The molecule has 3 rings (SSSR count). The molecule has 0 aliphatic carbocycles. The number of hydrogen-bond donors (Lipinski definition) is 2. The molecule has 0 aromatic carbocycles. The van der Waals surface area contributed by atoms with Gasteiger partial charge in [0.1, 0.15) is 5.69 Å². The zero-order chi connectivity index (χ0) is 17.3. The van der Waals surface area contributed by atoms with Crippen LogP contribution in [-0.2, 0) is 0 Å². The van der Waals surface area contributed by atoms with Crippen LogP contribution in [-0.4, -0.2) is 39.3 Å². The summed E-state index contributed by atoms with van der Waals surface area (Å²) in [5.74, 6) is 0.342. The summed E-state index contributed by atoms with van der Waals surface area (Å²) in [5, 5.41) is 11.2. The lowest BCUT2D eigenvalue weighted by Gasteiger charge is -2.30. The highest BCUT2D eigenvalue weighted by molar-refractivity contribution is 6.33. The molecule has 1 aliphatic heterocycles. The van der Waals surface area contributed by atoms with E-state index >= 15 is 0 Å². The van der Waals surface area contributed by atoms with Crippen LogP contribution >= 0.6 is 24.0 Å². The van der Waals surface area contributed by atoms with Gasteiger partial charge in [-0.2, -0.15) is 5.10 Å². The van der Waals surface area contributed by atoms with Gasteiger partial charge >= 0.3 is 0 Å². The fraction of sp³-hybridized carbons (Fsp3) is 0.471. The normalized spacial score (nSPS) is 20.0. The number of hydrogen-bond acceptors (Lipinski definition) is 4. The summed E-state index contributed by atoms with van der Waals surface area (Å²) >= 11 is 6.21. The van der Waals surface area contributed by atoms with Crippen LogP contribution in [0.15, 0.2) is 18.2 Å². The van der Waals surface area contributed by atoms with E-state index in [2.05, 4.69) is 27.6 Å². The maximum Gasteiger partial charge on any atom is 0.271 e. The molecular weight excluding hydrogens is 361 g/mol. The van der Waals surface area contributed by atoms with Crippen molar-refractivity contribution in [1.29, 1.82) is 0 Å². The molecule has 2 aromatic heterocycles. The van der Waals surface area contributed by atoms with Gasteiger partial charge in [-0.25, -0.2) is 9.67 Å². The molecule has 3 heterocycles. The molecule has 0 spiro atoms. The number of carbonyl (C=O) groups excluding carboxylic acids is 1. The monoisotopic (exact) mass is 383 g/mol. The molecule has 1 amide bonds. The molecule has 136 valence electrons. The summed E-state index contributed by atoms with van der Waals surface area (Å²) in [6.45, 7) is 6.93. The number of aromatic nitrogens is 3. The standard InChI is InChI=1S/C17H22ClN5O.ClH/c1-10-9-11(2)23(22-10)15-7-6-13(18)16(21-15)17(24)20-14-5-4-8-19-12(14)3;/h6-7,9,12,14,19H,4-5,8H2,1-3H3,(H,20,24);1H. The zero-order valence-corrected chi connectivity index (χ0v) is 16.1. The van der Waals surface area contributed by atoms with E-state index in [0.29, 0.717) is 10.8 Å². The molecule has 1 saturated heterocycles. The lowest BCUT2D eigenvalue weighted by molar-refractivity contribution is 0.0915. The summed E-state index contributed by atoms with van der Waals surface area (Å²) < 4.78 is 1.72. The molecule has 1 aliphatic rings. The maximum atomic E-state index is 12.6. The topological polar surface area (TPSA) is 71.8 Å². The van der Waals surface area contributed by atoms with E-state index in [9.17, 15) is 4.79 Å². The first-order valence-electron chi connectivity index (χ1n) is 8.20. The van der Waals surface area contributed by atoms with Crippen molar-refractivity contribution in [2.45, 2.75) is 45.7 Å². The highest BCUT2D eigenvalue weighted by Gasteiger charge is 2.24. The van der Waals surface area contributed by atoms with Crippen LogP contribution in [0.3, 0.4) is 0 Å². The van der Waals surface area contributed by atoms with Crippen molar-refractivity contribution >= 4 is 29.9 Å². The molecule has 6 nitrogen and oxygen atoms in total. The average molecular weight is 384 g/mol. The van der Waals surface area contributed by atoms with Crippen LogP contribution in [0.4, 0.5) is 0 Å². The van der Waals surface area contributed by atoms with E-state index in [1.54, 1.807) is 16.8 Å². The van der Waals surface area contributed by atoms with E-state index in [1.807, 2.05) is 19.9 Å². The Kier molecular flexibility index (Phi) is 6.43. The molecule has 2 N–H and O–H groups in total. The molecular formula is C17H23Cl2N5O. The van der Waals surface area contributed by atoms with Gasteiger partial charge in [0.25, 0.3) is 5.91 Å². The third kappa shape index (κ3) is 4.32. The quantitative estimate of drug-likeness (QED) is 0.854. The number of amides is 1. The van der Waals surface area contributed by atoms with E-state index in [1.165, 1.54) is 0 Å². The third-order valence-corrected chi connectivity index (χ3v) is 4.66. The first-order chi connectivity index (χ1) is 11.5. The number of aryl methyl sites for hydroxylation is 2. The fourth-order valence-corrected chi connectivity index (χ4v) is 3.24. The second-order valence-electron chi connectivity index (χ2n) is 6.30. The van der Waals surface area contributed by atoms with Crippen LogP contribution in [0, 0.1) is 13.8 Å². The van der Waals surface area contributed by atoms with Gasteiger partial charge in [-0.1, -0.05) is 11.6 Å². The number of halogens is 2. The summed E-state index contributed by atoms with van der Waals surface area (Å²) in [5.41, 5.74) is 2.09. The Morgan fingerprint density at radius 1 is 1.40 bits per heavy atom. The summed E-state index contributed by atoms with van der Waals surface area (Å²) in [6.07, 6.45) is 2.00. The lowest BCUT2D eigenvalue weighted by atomic mass is 10.00. The van der Waals surface area contributed by atoms with Crippen molar-refractivity contribution in [3.63, 3.8) is 0 Å². The minimum absolute atomic E-state index is 0. The predicted octanol–water partition coefficient (Wildman–Crippen LogP) is 2.83. The second kappa shape index (κ2) is 8.17. The van der Waals surface area contributed by atoms with E-state index < -0.39 is 0 Å². The molecule has 8 heteroatoms. The van der Waals surface area contributed by atoms with E-state index in [0.717, 1.165) is 30.8 Å². The molecule has 2 atom stereocenters. The van der Waals surface area contributed by atoms with Crippen LogP contribution in [0.2, 0.25) is 5.02 Å². The lowest BCUT2D eigenvalue weighted by Crippen LogP contribution is -2.52. The molecule has 1 fully saturated rings. The molecule has 0 saturated carbocycles. The zero-order valence-electron chi connectivity index (χ0n) is 14.5. The molecule has 2 unspecified atom stereocenters. The largest absolute Gasteiger partial charge is 0.346 e. The molecule has 2 aromatic rings. The van der Waals surface area contributed by atoms with E-state index in [-0.39, 0.29) is 36.1 Å². The molecule has 0 bridgehead atoms. The van der Waals surface area contributed by atoms with Gasteiger partial charge in [-0.15, -0.1) is 12.4 Å². The Hall–Kier alpha value is -1.63. The molecule has 0 radical (unpaired) electrons. The van der Waals surface area contributed by atoms with Gasteiger partial charge in [0.15, 0.2) is 5.82 Å². The average Bonchev–Trinajstić information content (AvgIpc) is 2.88. The number of nitrogens with one attached hydrogen (secondary N) is 2. The third-order valence-electron chi connectivity index (χ3n) is 4.35. The van der Waals surface area contributed by atoms with Crippen molar-refractivity contribution in [2.24, 2.45) is 0 Å². The second-order valence-corrected chi connectivity index (χ2v) is 6.71. The molecule has 25 heavy (non-hydrogen) atoms. The van der Waals surface area contributed by atoms with Gasteiger partial charge in [-0.05, 0) is 58.4 Å². The van der Waals surface area contributed by atoms with Gasteiger partial charge in [0, 0.05) is 17.8 Å². The SMILES string of the molecule is Cc1cc(C)n(-c2ccc(Cl)c(C(=O)NC3CCCNC3C)n2)n1.Cl. The minimum atomic E-state index is -0.246. The van der Waals surface area contributed by atoms with Crippen LogP contribution < -0.4 is 10.6 Å². The first kappa shape index (κ1) is 19.7. The van der Waals surface area contributed by atoms with Crippen LogP contribution in [0.5, 0.6) is 0 Å². The van der Waals surface area contributed by atoms with Crippen molar-refractivity contribution in [3.8, 4) is 5.82 Å². The Bertz CT molecular complexity index is 761. The number of piperidine rings is 1. The Labute approximate surface area is 158 Å². The Morgan fingerprint density at radius 3 is 2.80 bits per heavy atom. The van der Waals surface area contributed by atoms with Gasteiger partial charge in [0.2, 0.25) is 0 Å². The van der Waals surface area contributed by atoms with Crippen molar-refractivity contribution < 1.29 is 4.79 Å². The smallest absolute Gasteiger partial charge is 0.271 e. The van der Waals surface area contributed by atoms with Gasteiger partial charge in [0.05, 0.1) is 10.7 Å². The number of rotatable bonds is 3. The number of nitrogens with zero attached hydrogens (tertiary/aromatic N) is 3. The van der Waals surface area contributed by atoms with Gasteiger partial charge < -0.3 is 10.6 Å². The van der Waals surface area contributed by atoms with E-state index in [4.69, 9.17) is 11.6 Å². The van der Waals surface area contributed by atoms with Crippen LogP contribution in [0.1, 0.15) is 41.6 Å². The Balaban J connectivity index is 0.00000225. The highest BCUT2D eigenvalue weighted by Crippen LogP contribution is 2.18.